The molecule has 170 valence electrons. The van der Waals surface area contributed by atoms with Crippen molar-refractivity contribution in [1.82, 2.24) is 25.1 Å². The SMILES string of the molecule is CCNC(=NCCCn1cnc2ccccc21)NC1CCN(C(=O)C2CCCC2)C1.I. The van der Waals surface area contributed by atoms with Gasteiger partial charge in [0, 0.05) is 44.7 Å². The number of nitrogens with zero attached hydrogens (tertiary/aromatic N) is 4. The number of carbonyl (C=O) groups excluding carboxylic acids is 1. The standard InChI is InChI=1S/C23H34N6O.HI/c1-2-24-23(25-13-7-14-29-17-26-20-10-5-6-11-21(20)29)27-19-12-15-28(16-19)22(30)18-8-3-4-9-18;/h5-6,10-11,17-19H,2-4,7-9,12-16H2,1H3,(H2,24,25,27);1H. The van der Waals surface area contributed by atoms with Gasteiger partial charge in [-0.25, -0.2) is 4.98 Å². The third-order valence-electron chi connectivity index (χ3n) is 6.24. The van der Waals surface area contributed by atoms with Crippen molar-refractivity contribution in [2.75, 3.05) is 26.2 Å². The predicted molar refractivity (Wildman–Crippen MR) is 136 cm³/mol. The summed E-state index contributed by atoms with van der Waals surface area (Å²) in [5, 5.41) is 6.89. The zero-order chi connectivity index (χ0) is 20.8. The summed E-state index contributed by atoms with van der Waals surface area (Å²) in [6.07, 6.45) is 8.41. The van der Waals surface area contributed by atoms with Gasteiger partial charge < -0.3 is 20.1 Å². The van der Waals surface area contributed by atoms with E-state index in [4.69, 9.17) is 4.99 Å². The number of fused-ring (bicyclic) bond motifs is 1. The molecule has 0 bridgehead atoms. The zero-order valence-electron chi connectivity index (χ0n) is 18.4. The van der Waals surface area contributed by atoms with Gasteiger partial charge in [-0.1, -0.05) is 25.0 Å². The molecule has 2 heterocycles. The summed E-state index contributed by atoms with van der Waals surface area (Å²) in [5.41, 5.74) is 2.21. The van der Waals surface area contributed by atoms with Gasteiger partial charge >= 0.3 is 0 Å². The van der Waals surface area contributed by atoms with Crippen molar-refractivity contribution in [2.45, 2.75) is 58.0 Å². The molecule has 1 aliphatic carbocycles. The van der Waals surface area contributed by atoms with Crippen molar-refractivity contribution in [3.8, 4) is 0 Å². The molecule has 0 radical (unpaired) electrons. The first-order valence-electron chi connectivity index (χ1n) is 11.5. The first-order valence-corrected chi connectivity index (χ1v) is 11.5. The Morgan fingerprint density at radius 2 is 2.03 bits per heavy atom. The number of aromatic nitrogens is 2. The lowest BCUT2D eigenvalue weighted by Crippen LogP contribution is -2.45. The smallest absolute Gasteiger partial charge is 0.225 e. The number of guanidine groups is 1. The summed E-state index contributed by atoms with van der Waals surface area (Å²) >= 11 is 0. The van der Waals surface area contributed by atoms with Gasteiger partial charge in [0.25, 0.3) is 0 Å². The second-order valence-corrected chi connectivity index (χ2v) is 8.44. The van der Waals surface area contributed by atoms with Crippen LogP contribution in [0.1, 0.15) is 45.4 Å². The highest BCUT2D eigenvalue weighted by Crippen LogP contribution is 2.27. The number of hydrogen-bond donors (Lipinski definition) is 2. The fraction of sp³-hybridized carbons (Fsp3) is 0.609. The summed E-state index contributed by atoms with van der Waals surface area (Å²) in [6, 6.07) is 8.50. The van der Waals surface area contributed by atoms with E-state index in [0.717, 1.165) is 69.9 Å². The first-order chi connectivity index (χ1) is 14.7. The Morgan fingerprint density at radius 1 is 1.23 bits per heavy atom. The van der Waals surface area contributed by atoms with Crippen molar-refractivity contribution in [1.29, 1.82) is 0 Å². The largest absolute Gasteiger partial charge is 0.357 e. The fourth-order valence-corrected chi connectivity index (χ4v) is 4.64. The van der Waals surface area contributed by atoms with Crippen LogP contribution in [0.25, 0.3) is 11.0 Å². The molecule has 1 saturated carbocycles. The van der Waals surface area contributed by atoms with E-state index in [0.29, 0.717) is 5.91 Å². The van der Waals surface area contributed by atoms with Crippen molar-refractivity contribution in [3.63, 3.8) is 0 Å². The molecular weight excluding hydrogens is 503 g/mol. The second kappa shape index (κ2) is 11.7. The average Bonchev–Trinajstić information content (AvgIpc) is 3.52. The minimum absolute atomic E-state index is 0. The van der Waals surface area contributed by atoms with E-state index in [1.807, 2.05) is 24.5 Å². The monoisotopic (exact) mass is 538 g/mol. The van der Waals surface area contributed by atoms with Gasteiger partial charge in [0.05, 0.1) is 17.4 Å². The van der Waals surface area contributed by atoms with Crippen LogP contribution in [-0.2, 0) is 11.3 Å². The molecule has 8 heteroatoms. The maximum atomic E-state index is 12.7. The molecular formula is C23H35IN6O. The Morgan fingerprint density at radius 3 is 2.84 bits per heavy atom. The number of para-hydroxylation sites is 2. The maximum Gasteiger partial charge on any atom is 0.225 e. The Bertz CT molecular complexity index is 876. The molecule has 2 fully saturated rings. The van der Waals surface area contributed by atoms with Gasteiger partial charge in [0.1, 0.15) is 0 Å². The van der Waals surface area contributed by atoms with Crippen molar-refractivity contribution in [3.05, 3.63) is 30.6 Å². The van der Waals surface area contributed by atoms with Crippen LogP contribution in [0.15, 0.2) is 35.6 Å². The van der Waals surface area contributed by atoms with Crippen LogP contribution in [0.4, 0.5) is 0 Å². The van der Waals surface area contributed by atoms with Crippen LogP contribution in [0.3, 0.4) is 0 Å². The first kappa shape index (κ1) is 23.8. The molecule has 2 aromatic rings. The van der Waals surface area contributed by atoms with Gasteiger partial charge in [-0.15, -0.1) is 24.0 Å². The fourth-order valence-electron chi connectivity index (χ4n) is 4.64. The topological polar surface area (TPSA) is 74.6 Å². The van der Waals surface area contributed by atoms with E-state index in [2.05, 4.69) is 38.1 Å². The molecule has 2 aliphatic rings. The molecule has 1 aliphatic heterocycles. The Hall–Kier alpha value is -1.84. The van der Waals surface area contributed by atoms with Gasteiger partial charge in [0.2, 0.25) is 5.91 Å². The lowest BCUT2D eigenvalue weighted by Gasteiger charge is -2.21. The van der Waals surface area contributed by atoms with E-state index in [1.54, 1.807) is 0 Å². The summed E-state index contributed by atoms with van der Waals surface area (Å²) < 4.78 is 2.19. The average molecular weight is 538 g/mol. The third-order valence-corrected chi connectivity index (χ3v) is 6.24. The molecule has 1 unspecified atom stereocenters. The number of halogens is 1. The van der Waals surface area contributed by atoms with E-state index < -0.39 is 0 Å². The summed E-state index contributed by atoms with van der Waals surface area (Å²) in [4.78, 5) is 23.9. The van der Waals surface area contributed by atoms with Crippen LogP contribution in [0.5, 0.6) is 0 Å². The van der Waals surface area contributed by atoms with Crippen LogP contribution in [0, 0.1) is 5.92 Å². The van der Waals surface area contributed by atoms with Crippen molar-refractivity contribution >= 4 is 46.9 Å². The normalized spacial score (nSPS) is 19.6. The number of nitrogens with one attached hydrogen (secondary N) is 2. The Balaban J connectivity index is 0.00000272. The highest BCUT2D eigenvalue weighted by molar-refractivity contribution is 14.0. The van der Waals surface area contributed by atoms with E-state index >= 15 is 0 Å². The van der Waals surface area contributed by atoms with Gasteiger partial charge in [0.15, 0.2) is 5.96 Å². The van der Waals surface area contributed by atoms with Gasteiger partial charge in [-0.2, -0.15) is 0 Å². The second-order valence-electron chi connectivity index (χ2n) is 8.44. The van der Waals surface area contributed by atoms with Crippen molar-refractivity contribution < 1.29 is 4.79 Å². The number of aryl methyl sites for hydroxylation is 1. The number of rotatable bonds is 7. The molecule has 1 aromatic carbocycles. The number of aliphatic imine (C=N–C) groups is 1. The third kappa shape index (κ3) is 6.11. The molecule has 1 atom stereocenters. The summed E-state index contributed by atoms with van der Waals surface area (Å²) in [7, 11) is 0. The van der Waals surface area contributed by atoms with Crippen LogP contribution in [-0.4, -0.2) is 58.5 Å². The number of imidazole rings is 1. The van der Waals surface area contributed by atoms with Crippen LogP contribution >= 0.6 is 24.0 Å². The zero-order valence-corrected chi connectivity index (χ0v) is 20.8. The summed E-state index contributed by atoms with van der Waals surface area (Å²) in [6.45, 7) is 6.21. The van der Waals surface area contributed by atoms with Crippen LogP contribution in [0.2, 0.25) is 0 Å². The number of benzene rings is 1. The Labute approximate surface area is 202 Å². The lowest BCUT2D eigenvalue weighted by molar-refractivity contribution is -0.134. The van der Waals surface area contributed by atoms with E-state index in [1.165, 1.54) is 18.4 Å². The molecule has 1 aromatic heterocycles. The van der Waals surface area contributed by atoms with E-state index in [9.17, 15) is 4.79 Å². The number of amides is 1. The van der Waals surface area contributed by atoms with Gasteiger partial charge in [-0.05, 0) is 44.7 Å². The quantitative estimate of drug-likeness (QED) is 0.245. The van der Waals surface area contributed by atoms with Crippen molar-refractivity contribution in [2.24, 2.45) is 10.9 Å². The van der Waals surface area contributed by atoms with Crippen LogP contribution < -0.4 is 10.6 Å². The van der Waals surface area contributed by atoms with Gasteiger partial charge in [-0.3, -0.25) is 9.79 Å². The molecule has 1 amide bonds. The highest BCUT2D eigenvalue weighted by Gasteiger charge is 2.32. The molecule has 0 spiro atoms. The number of likely N-dealkylation sites (tertiary alicyclic amines) is 1. The number of hydrogen-bond acceptors (Lipinski definition) is 3. The molecule has 31 heavy (non-hydrogen) atoms. The molecule has 1 saturated heterocycles. The molecule has 4 rings (SSSR count). The summed E-state index contributed by atoms with van der Waals surface area (Å²) in [5.74, 6) is 1.49. The molecule has 7 nitrogen and oxygen atoms in total. The highest BCUT2D eigenvalue weighted by atomic mass is 127. The lowest BCUT2D eigenvalue weighted by atomic mass is 10.1. The minimum Gasteiger partial charge on any atom is -0.357 e. The Kier molecular flexibility index (Phi) is 8.98. The minimum atomic E-state index is 0. The number of carbonyl (C=O) groups is 1. The van der Waals surface area contributed by atoms with E-state index in [-0.39, 0.29) is 35.9 Å². The maximum absolute atomic E-state index is 12.7. The molecule has 2 N–H and O–H groups in total. The predicted octanol–water partition coefficient (Wildman–Crippen LogP) is 3.39.